The maximum Gasteiger partial charge on any atom is 0.263 e. The van der Waals surface area contributed by atoms with Crippen LogP contribution in [-0.2, 0) is 12.6 Å². The Morgan fingerprint density at radius 3 is 2.51 bits per heavy atom. The fraction of sp³-hybridized carbons (Fsp3) is 0.367. The second kappa shape index (κ2) is 10.3. The third-order valence-corrected chi connectivity index (χ3v) is 7.72. The lowest BCUT2D eigenvalue weighted by atomic mass is 9.96. The molecule has 1 unspecified atom stereocenters. The molecule has 0 bridgehead atoms. The molecule has 3 heterocycles. The molecule has 1 fully saturated rings. The molecule has 1 saturated carbocycles. The van der Waals surface area contributed by atoms with Gasteiger partial charge in [-0.15, -0.1) is 10.2 Å². The van der Waals surface area contributed by atoms with Gasteiger partial charge in [0, 0.05) is 36.4 Å². The molecule has 43 heavy (non-hydrogen) atoms. The minimum absolute atomic E-state index is 0.0832. The Hall–Kier alpha value is -5.17. The van der Waals surface area contributed by atoms with E-state index in [4.69, 9.17) is 0 Å². The number of anilines is 2. The van der Waals surface area contributed by atoms with Crippen LogP contribution in [0.4, 0.5) is 20.2 Å². The van der Waals surface area contributed by atoms with Crippen molar-refractivity contribution in [2.75, 3.05) is 17.2 Å². The van der Waals surface area contributed by atoms with Crippen LogP contribution in [-0.4, -0.2) is 47.9 Å². The van der Waals surface area contributed by atoms with E-state index >= 15 is 0 Å². The Morgan fingerprint density at radius 2 is 1.84 bits per heavy atom. The third-order valence-electron chi connectivity index (χ3n) is 7.72. The molecule has 11 nitrogen and oxygen atoms in total. The summed E-state index contributed by atoms with van der Waals surface area (Å²) in [7, 11) is 1.77. The van der Waals surface area contributed by atoms with Gasteiger partial charge in [0.2, 0.25) is 0 Å². The second-order valence-electron chi connectivity index (χ2n) is 12.1. The van der Waals surface area contributed by atoms with Crippen molar-refractivity contribution >= 4 is 33.3 Å². The SMILES string of the molecule is Cn1nnc2cccc(C(Nc3cc(C#N)c4ncc(C#N)c(NCC(C)(C)C)c4c3)c3cn(C4(C(F)F)CC4)nn3)c21. The molecular weight excluding hydrogens is 552 g/mol. The van der Waals surface area contributed by atoms with Gasteiger partial charge in [-0.2, -0.15) is 10.5 Å². The molecule has 1 atom stereocenters. The second-order valence-corrected chi connectivity index (χ2v) is 12.1. The van der Waals surface area contributed by atoms with Crippen molar-refractivity contribution in [2.24, 2.45) is 12.5 Å². The number of aromatic nitrogens is 7. The summed E-state index contributed by atoms with van der Waals surface area (Å²) in [5.74, 6) is 0. The molecule has 6 rings (SSSR count). The summed E-state index contributed by atoms with van der Waals surface area (Å²) in [5, 5.41) is 44.3. The van der Waals surface area contributed by atoms with E-state index in [1.165, 1.54) is 10.9 Å². The summed E-state index contributed by atoms with van der Waals surface area (Å²) < 4.78 is 30.8. The van der Waals surface area contributed by atoms with Crippen LogP contribution in [0.5, 0.6) is 0 Å². The van der Waals surface area contributed by atoms with E-state index in [0.29, 0.717) is 64.0 Å². The Labute approximate surface area is 246 Å². The first kappa shape index (κ1) is 28.0. The largest absolute Gasteiger partial charge is 0.383 e. The third kappa shape index (κ3) is 4.97. The van der Waals surface area contributed by atoms with Crippen molar-refractivity contribution in [2.45, 2.75) is 51.6 Å². The molecule has 5 aromatic rings. The molecule has 0 spiro atoms. The first-order valence-electron chi connectivity index (χ1n) is 13.8. The number of aryl methyl sites for hydroxylation is 1. The molecule has 3 aromatic heterocycles. The van der Waals surface area contributed by atoms with Crippen molar-refractivity contribution < 1.29 is 8.78 Å². The fourth-order valence-corrected chi connectivity index (χ4v) is 5.25. The number of halogens is 2. The van der Waals surface area contributed by atoms with Crippen LogP contribution < -0.4 is 10.6 Å². The Bertz CT molecular complexity index is 1930. The highest BCUT2D eigenvalue weighted by molar-refractivity contribution is 5.99. The van der Waals surface area contributed by atoms with Gasteiger partial charge in [-0.25, -0.2) is 18.1 Å². The summed E-state index contributed by atoms with van der Waals surface area (Å²) in [4.78, 5) is 4.43. The molecule has 0 saturated heterocycles. The van der Waals surface area contributed by atoms with Gasteiger partial charge in [-0.1, -0.05) is 43.3 Å². The molecule has 0 radical (unpaired) electrons. The van der Waals surface area contributed by atoms with Gasteiger partial charge < -0.3 is 10.6 Å². The molecule has 2 N–H and O–H groups in total. The topological polar surface area (TPSA) is 146 Å². The number of pyridine rings is 1. The highest BCUT2D eigenvalue weighted by Crippen LogP contribution is 2.48. The quantitative estimate of drug-likeness (QED) is 0.250. The number of hydrogen-bond acceptors (Lipinski definition) is 9. The summed E-state index contributed by atoms with van der Waals surface area (Å²) in [6.07, 6.45) is 1.09. The van der Waals surface area contributed by atoms with Gasteiger partial charge >= 0.3 is 0 Å². The molecule has 1 aliphatic rings. The standard InChI is InChI=1S/C30H29F2N11/c1-29(2,3)16-36-25-18(13-34)14-35-24-17(12-33)10-19(11-21(24)25)37-26(20-6-5-7-22-27(20)42(4)40-38-22)23-15-43(41-39-23)30(8-9-30)28(31)32/h5-7,10-11,14-15,26,28,37H,8-9,16H2,1-4H3,(H,35,36). The van der Waals surface area contributed by atoms with Crippen LogP contribution in [0.1, 0.15) is 62.0 Å². The van der Waals surface area contributed by atoms with Crippen LogP contribution >= 0.6 is 0 Å². The van der Waals surface area contributed by atoms with E-state index < -0.39 is 18.0 Å². The lowest BCUT2D eigenvalue weighted by Crippen LogP contribution is -2.26. The van der Waals surface area contributed by atoms with Gasteiger partial charge in [0.25, 0.3) is 6.43 Å². The van der Waals surface area contributed by atoms with Crippen LogP contribution in [0.25, 0.3) is 21.9 Å². The molecule has 218 valence electrons. The maximum absolute atomic E-state index is 13.9. The number of rotatable bonds is 8. The average Bonchev–Trinajstić information content (AvgIpc) is 3.50. The molecule has 1 aliphatic carbocycles. The molecule has 2 aromatic carbocycles. The lowest BCUT2D eigenvalue weighted by Gasteiger charge is -2.22. The number of alkyl halides is 2. The minimum Gasteiger partial charge on any atom is -0.383 e. The molecule has 0 amide bonds. The number of benzene rings is 2. The maximum atomic E-state index is 13.9. The van der Waals surface area contributed by atoms with Crippen LogP contribution in [0.3, 0.4) is 0 Å². The number of nitrogens with one attached hydrogen (secondary N) is 2. The molecule has 13 heteroatoms. The van der Waals surface area contributed by atoms with E-state index in [2.05, 4.69) is 69.2 Å². The molecular formula is C30H29F2N11. The predicted octanol–water partition coefficient (Wildman–Crippen LogP) is 5.27. The monoisotopic (exact) mass is 581 g/mol. The van der Waals surface area contributed by atoms with Crippen molar-refractivity contribution in [1.82, 2.24) is 35.0 Å². The lowest BCUT2D eigenvalue weighted by molar-refractivity contribution is 0.0593. The van der Waals surface area contributed by atoms with Crippen LogP contribution in [0, 0.1) is 28.1 Å². The van der Waals surface area contributed by atoms with Gasteiger partial charge in [-0.3, -0.25) is 4.98 Å². The van der Waals surface area contributed by atoms with Gasteiger partial charge in [0.1, 0.15) is 28.9 Å². The normalized spacial score (nSPS) is 14.9. The van der Waals surface area contributed by atoms with Crippen molar-refractivity contribution in [3.63, 3.8) is 0 Å². The summed E-state index contributed by atoms with van der Waals surface area (Å²) in [6, 6.07) is 12.8. The predicted molar refractivity (Wildman–Crippen MR) is 156 cm³/mol. The van der Waals surface area contributed by atoms with E-state index in [1.54, 1.807) is 24.0 Å². The number of nitriles is 2. The number of fused-ring (bicyclic) bond motifs is 2. The van der Waals surface area contributed by atoms with Gasteiger partial charge in [-0.05, 0) is 36.5 Å². The Morgan fingerprint density at radius 1 is 1.07 bits per heavy atom. The van der Waals surface area contributed by atoms with Crippen LogP contribution in [0.2, 0.25) is 0 Å². The number of para-hydroxylation sites is 1. The zero-order chi connectivity index (χ0) is 30.5. The van der Waals surface area contributed by atoms with Gasteiger partial charge in [0.15, 0.2) is 0 Å². The van der Waals surface area contributed by atoms with Crippen molar-refractivity contribution in [3.05, 3.63) is 65.1 Å². The van der Waals surface area contributed by atoms with Crippen molar-refractivity contribution in [1.29, 1.82) is 10.5 Å². The highest BCUT2D eigenvalue weighted by atomic mass is 19.3. The summed E-state index contributed by atoms with van der Waals surface area (Å²) in [5.41, 5.74) is 3.34. The average molecular weight is 582 g/mol. The van der Waals surface area contributed by atoms with Crippen molar-refractivity contribution in [3.8, 4) is 12.1 Å². The van der Waals surface area contributed by atoms with E-state index in [1.807, 2.05) is 24.3 Å². The van der Waals surface area contributed by atoms with Gasteiger partial charge in [0.05, 0.1) is 40.1 Å². The zero-order valence-electron chi connectivity index (χ0n) is 24.1. The summed E-state index contributed by atoms with van der Waals surface area (Å²) in [6.45, 7) is 6.81. The number of hydrogen-bond donors (Lipinski definition) is 2. The first-order chi connectivity index (χ1) is 20.5. The minimum atomic E-state index is -2.57. The fourth-order valence-electron chi connectivity index (χ4n) is 5.25. The van der Waals surface area contributed by atoms with E-state index in [0.717, 1.165) is 11.1 Å². The van der Waals surface area contributed by atoms with E-state index in [9.17, 15) is 19.3 Å². The zero-order valence-corrected chi connectivity index (χ0v) is 24.1. The highest BCUT2D eigenvalue weighted by Gasteiger charge is 2.54. The summed E-state index contributed by atoms with van der Waals surface area (Å²) >= 11 is 0. The Kier molecular flexibility index (Phi) is 6.69. The Balaban J connectivity index is 1.51. The van der Waals surface area contributed by atoms with E-state index in [-0.39, 0.29) is 5.41 Å². The van der Waals surface area contributed by atoms with Crippen LogP contribution in [0.15, 0.2) is 42.7 Å². The molecule has 0 aliphatic heterocycles. The first-order valence-corrected chi connectivity index (χ1v) is 13.8. The smallest absolute Gasteiger partial charge is 0.263 e. The number of nitrogens with zero attached hydrogens (tertiary/aromatic N) is 9.